The Bertz CT molecular complexity index is 533. The third-order valence-corrected chi connectivity index (χ3v) is 3.54. The summed E-state index contributed by atoms with van der Waals surface area (Å²) in [6.45, 7) is 0.812. The third kappa shape index (κ3) is 2.80. The first-order chi connectivity index (χ1) is 9.07. The second kappa shape index (κ2) is 5.47. The van der Waals surface area contributed by atoms with Crippen molar-refractivity contribution >= 4 is 23.3 Å². The van der Waals surface area contributed by atoms with Gasteiger partial charge in [0.1, 0.15) is 11.6 Å². The largest absolute Gasteiger partial charge is 0.480 e. The van der Waals surface area contributed by atoms with E-state index in [4.69, 9.17) is 21.6 Å². The van der Waals surface area contributed by atoms with Gasteiger partial charge in [0, 0.05) is 31.7 Å². The first kappa shape index (κ1) is 13.7. The number of nitrogens with zero attached hydrogens (tertiary/aromatic N) is 1. The molecule has 100 valence electrons. The average Bonchev–Trinajstić information content (AvgIpc) is 2.40. The number of ether oxygens (including phenoxy) is 1. The lowest BCUT2D eigenvalue weighted by Gasteiger charge is -2.34. The summed E-state index contributed by atoms with van der Waals surface area (Å²) < 4.78 is 5.20. The molecule has 0 radical (unpaired) electrons. The van der Waals surface area contributed by atoms with Gasteiger partial charge in [0.25, 0.3) is 0 Å². The van der Waals surface area contributed by atoms with E-state index in [2.05, 4.69) is 5.32 Å². The first-order valence-electron chi connectivity index (χ1n) is 5.86. The van der Waals surface area contributed by atoms with Gasteiger partial charge in [-0.3, -0.25) is 0 Å². The zero-order valence-corrected chi connectivity index (χ0v) is 10.9. The molecule has 5 nitrogen and oxygen atoms in total. The number of benzene rings is 1. The van der Waals surface area contributed by atoms with Crippen molar-refractivity contribution in [2.24, 2.45) is 0 Å². The molecule has 1 aliphatic heterocycles. The van der Waals surface area contributed by atoms with Gasteiger partial charge >= 0.3 is 5.97 Å². The van der Waals surface area contributed by atoms with Gasteiger partial charge in [-0.25, -0.2) is 4.79 Å². The van der Waals surface area contributed by atoms with Crippen molar-refractivity contribution in [3.8, 4) is 6.07 Å². The van der Waals surface area contributed by atoms with Gasteiger partial charge in [0.05, 0.1) is 10.6 Å². The molecule has 6 heteroatoms. The van der Waals surface area contributed by atoms with Crippen molar-refractivity contribution in [2.75, 3.05) is 18.5 Å². The maximum atomic E-state index is 11.5. The zero-order chi connectivity index (χ0) is 13.9. The number of hydrogen-bond acceptors (Lipinski definition) is 4. The van der Waals surface area contributed by atoms with Crippen LogP contribution in [0.2, 0.25) is 5.02 Å². The van der Waals surface area contributed by atoms with Crippen LogP contribution in [-0.4, -0.2) is 29.8 Å². The molecule has 0 bridgehead atoms. The van der Waals surface area contributed by atoms with E-state index in [0.717, 1.165) is 0 Å². The molecule has 19 heavy (non-hydrogen) atoms. The summed E-state index contributed by atoms with van der Waals surface area (Å²) in [7, 11) is 0. The van der Waals surface area contributed by atoms with Gasteiger partial charge in [-0.05, 0) is 18.2 Å². The Hall–Kier alpha value is -1.77. The first-order valence-corrected chi connectivity index (χ1v) is 6.24. The van der Waals surface area contributed by atoms with E-state index >= 15 is 0 Å². The van der Waals surface area contributed by atoms with Crippen molar-refractivity contribution in [1.82, 2.24) is 0 Å². The molecule has 0 spiro atoms. The second-order valence-electron chi connectivity index (χ2n) is 4.43. The van der Waals surface area contributed by atoms with Crippen molar-refractivity contribution in [1.29, 1.82) is 5.26 Å². The number of rotatable bonds is 3. The van der Waals surface area contributed by atoms with E-state index in [9.17, 15) is 9.90 Å². The molecule has 0 aromatic heterocycles. The van der Waals surface area contributed by atoms with Crippen molar-refractivity contribution < 1.29 is 14.6 Å². The molecule has 1 aromatic rings. The van der Waals surface area contributed by atoms with E-state index in [-0.39, 0.29) is 0 Å². The van der Waals surface area contributed by atoms with Gasteiger partial charge < -0.3 is 15.2 Å². The molecular weight excluding hydrogens is 268 g/mol. The predicted octanol–water partition coefficient (Wildman–Crippen LogP) is 2.26. The third-order valence-electron chi connectivity index (χ3n) is 3.23. The summed E-state index contributed by atoms with van der Waals surface area (Å²) in [5, 5.41) is 21.5. The Labute approximate surface area is 115 Å². The Balaban J connectivity index is 2.25. The zero-order valence-electron chi connectivity index (χ0n) is 10.1. The minimum Gasteiger partial charge on any atom is -0.480 e. The topological polar surface area (TPSA) is 82.4 Å². The lowest BCUT2D eigenvalue weighted by molar-refractivity contribution is -0.145. The SMILES string of the molecule is N#Cc1ccc(NC2(C(=O)O)CCOCC2)cc1Cl. The van der Waals surface area contributed by atoms with Crippen molar-refractivity contribution in [2.45, 2.75) is 18.4 Å². The van der Waals surface area contributed by atoms with E-state index in [1.165, 1.54) is 0 Å². The smallest absolute Gasteiger partial charge is 0.329 e. The Morgan fingerprint density at radius 3 is 2.68 bits per heavy atom. The number of nitrogens with one attached hydrogen (secondary N) is 1. The summed E-state index contributed by atoms with van der Waals surface area (Å²) in [5.74, 6) is -0.906. The minimum atomic E-state index is -1.03. The molecule has 1 fully saturated rings. The minimum absolute atomic E-state index is 0.306. The fraction of sp³-hybridized carbons (Fsp3) is 0.385. The van der Waals surface area contributed by atoms with Gasteiger partial charge in [-0.1, -0.05) is 11.6 Å². The number of anilines is 1. The highest BCUT2D eigenvalue weighted by Gasteiger charge is 2.40. The summed E-state index contributed by atoms with van der Waals surface area (Å²) >= 11 is 5.94. The summed E-state index contributed by atoms with van der Waals surface area (Å²) in [6.07, 6.45) is 0.778. The Kier molecular flexibility index (Phi) is 3.93. The van der Waals surface area contributed by atoms with Crippen LogP contribution in [0.25, 0.3) is 0 Å². The molecule has 2 N–H and O–H groups in total. The second-order valence-corrected chi connectivity index (χ2v) is 4.84. The normalized spacial score (nSPS) is 17.5. The molecule has 1 aromatic carbocycles. The highest BCUT2D eigenvalue weighted by molar-refractivity contribution is 6.32. The molecule has 0 unspecified atom stereocenters. The van der Waals surface area contributed by atoms with E-state index in [1.807, 2.05) is 6.07 Å². The van der Waals surface area contributed by atoms with Gasteiger partial charge in [-0.15, -0.1) is 0 Å². The van der Waals surface area contributed by atoms with E-state index < -0.39 is 11.5 Å². The molecule has 0 amide bonds. The molecule has 0 aliphatic carbocycles. The highest BCUT2D eigenvalue weighted by atomic mass is 35.5. The van der Waals surface area contributed by atoms with Crippen LogP contribution >= 0.6 is 11.6 Å². The van der Waals surface area contributed by atoms with Gasteiger partial charge in [0.15, 0.2) is 0 Å². The number of nitriles is 1. The molecule has 0 saturated carbocycles. The molecule has 0 atom stereocenters. The van der Waals surface area contributed by atoms with Crippen LogP contribution in [0.4, 0.5) is 5.69 Å². The lowest BCUT2D eigenvalue weighted by atomic mass is 9.89. The number of aliphatic carboxylic acids is 1. The fourth-order valence-corrected chi connectivity index (χ4v) is 2.29. The van der Waals surface area contributed by atoms with Crippen LogP contribution in [0.5, 0.6) is 0 Å². The predicted molar refractivity (Wildman–Crippen MR) is 70.2 cm³/mol. The molecule has 1 saturated heterocycles. The molecule has 1 heterocycles. The average molecular weight is 281 g/mol. The van der Waals surface area contributed by atoms with Crippen molar-refractivity contribution in [3.63, 3.8) is 0 Å². The van der Waals surface area contributed by atoms with Crippen LogP contribution in [0.3, 0.4) is 0 Å². The highest BCUT2D eigenvalue weighted by Crippen LogP contribution is 2.28. The standard InChI is InChI=1S/C13H13ClN2O3/c14-11-7-10(2-1-9(11)8-15)16-13(12(17)18)3-5-19-6-4-13/h1-2,7,16H,3-6H2,(H,17,18). The summed E-state index contributed by atoms with van der Waals surface area (Å²) in [4.78, 5) is 11.5. The van der Waals surface area contributed by atoms with Crippen LogP contribution in [0, 0.1) is 11.3 Å². The number of carboxylic acids is 1. The van der Waals surface area contributed by atoms with Gasteiger partial charge in [-0.2, -0.15) is 5.26 Å². The van der Waals surface area contributed by atoms with Crippen LogP contribution < -0.4 is 5.32 Å². The Morgan fingerprint density at radius 2 is 2.16 bits per heavy atom. The molecule has 1 aliphatic rings. The quantitative estimate of drug-likeness (QED) is 0.887. The number of hydrogen-bond donors (Lipinski definition) is 2. The van der Waals surface area contributed by atoms with Gasteiger partial charge in [0.2, 0.25) is 0 Å². The fourth-order valence-electron chi connectivity index (χ4n) is 2.07. The molecule has 2 rings (SSSR count). The molecular formula is C13H13ClN2O3. The maximum absolute atomic E-state index is 11.5. The number of carbonyl (C=O) groups is 1. The van der Waals surface area contributed by atoms with E-state index in [0.29, 0.717) is 42.3 Å². The van der Waals surface area contributed by atoms with Crippen LogP contribution in [0.15, 0.2) is 18.2 Å². The van der Waals surface area contributed by atoms with E-state index in [1.54, 1.807) is 18.2 Å². The maximum Gasteiger partial charge on any atom is 0.329 e. The summed E-state index contributed by atoms with van der Waals surface area (Å²) in [5.41, 5.74) is -0.0766. The van der Waals surface area contributed by atoms with Crippen LogP contribution in [-0.2, 0) is 9.53 Å². The van der Waals surface area contributed by atoms with Crippen molar-refractivity contribution in [3.05, 3.63) is 28.8 Å². The Morgan fingerprint density at radius 1 is 1.47 bits per heavy atom. The monoisotopic (exact) mass is 280 g/mol. The summed E-state index contributed by atoms with van der Waals surface area (Å²) in [6, 6.07) is 6.76. The number of halogens is 1. The van der Waals surface area contributed by atoms with Crippen LogP contribution in [0.1, 0.15) is 18.4 Å². The number of carboxylic acid groups (broad SMARTS) is 1. The lowest BCUT2D eigenvalue weighted by Crippen LogP contribution is -2.50.